The predicted molar refractivity (Wildman–Crippen MR) is 84.9 cm³/mol. The van der Waals surface area contributed by atoms with Gasteiger partial charge < -0.3 is 4.74 Å². The van der Waals surface area contributed by atoms with Crippen molar-refractivity contribution in [1.82, 2.24) is 4.90 Å². The third-order valence-corrected chi connectivity index (χ3v) is 3.12. The van der Waals surface area contributed by atoms with Gasteiger partial charge in [-0.25, -0.2) is 0 Å². The minimum Gasteiger partial charge on any atom is -0.465 e. The second-order valence-corrected chi connectivity index (χ2v) is 4.73. The van der Waals surface area contributed by atoms with E-state index in [-0.39, 0.29) is 6.61 Å². The first-order chi connectivity index (χ1) is 11.1. The molecule has 0 bridgehead atoms. The minimum atomic E-state index is -0.624. The summed E-state index contributed by atoms with van der Waals surface area (Å²) in [6, 6.07) is 16.7. The lowest BCUT2D eigenvalue weighted by molar-refractivity contribution is -0.143. The summed E-state index contributed by atoms with van der Waals surface area (Å²) in [5.41, 5.74) is 0.669. The van der Waals surface area contributed by atoms with Gasteiger partial charge in [-0.3, -0.25) is 19.3 Å². The third kappa shape index (κ3) is 4.26. The Bertz CT molecular complexity index is 631. The quantitative estimate of drug-likeness (QED) is 0.629. The van der Waals surface area contributed by atoms with Crippen molar-refractivity contribution in [3.63, 3.8) is 0 Å². The molecule has 0 radical (unpaired) electrons. The minimum absolute atomic E-state index is 0.186. The van der Waals surface area contributed by atoms with E-state index in [0.29, 0.717) is 11.1 Å². The number of benzene rings is 2. The Morgan fingerprint density at radius 3 is 1.65 bits per heavy atom. The Labute approximate surface area is 134 Å². The molecule has 5 nitrogen and oxygen atoms in total. The maximum atomic E-state index is 12.6. The summed E-state index contributed by atoms with van der Waals surface area (Å²) in [6.45, 7) is 1.43. The average Bonchev–Trinajstić information content (AvgIpc) is 2.60. The average molecular weight is 311 g/mol. The molecule has 2 aromatic carbocycles. The van der Waals surface area contributed by atoms with Crippen molar-refractivity contribution < 1.29 is 19.1 Å². The molecule has 23 heavy (non-hydrogen) atoms. The molecule has 0 spiro atoms. The van der Waals surface area contributed by atoms with Gasteiger partial charge in [0.25, 0.3) is 11.8 Å². The van der Waals surface area contributed by atoms with Crippen LogP contribution in [0.1, 0.15) is 27.6 Å². The number of rotatable bonds is 5. The van der Waals surface area contributed by atoms with E-state index in [0.717, 1.165) is 4.90 Å². The highest BCUT2D eigenvalue weighted by atomic mass is 16.5. The van der Waals surface area contributed by atoms with E-state index in [1.54, 1.807) is 67.6 Å². The highest BCUT2D eigenvalue weighted by molar-refractivity contribution is 6.11. The van der Waals surface area contributed by atoms with Crippen LogP contribution in [0.2, 0.25) is 0 Å². The zero-order valence-corrected chi connectivity index (χ0v) is 12.8. The number of imide groups is 1. The van der Waals surface area contributed by atoms with Gasteiger partial charge in [-0.2, -0.15) is 0 Å². The molecule has 0 aliphatic heterocycles. The van der Waals surface area contributed by atoms with Crippen LogP contribution in [0.5, 0.6) is 0 Å². The lowest BCUT2D eigenvalue weighted by Gasteiger charge is -2.20. The van der Waals surface area contributed by atoms with Crippen LogP contribution in [0, 0.1) is 0 Å². The first kappa shape index (κ1) is 16.4. The summed E-state index contributed by atoms with van der Waals surface area (Å²) in [5.74, 6) is -1.69. The maximum Gasteiger partial charge on any atom is 0.326 e. The van der Waals surface area contributed by atoms with E-state index in [1.807, 2.05) is 0 Å². The molecule has 2 aromatic rings. The Balaban J connectivity index is 2.30. The van der Waals surface area contributed by atoms with Gasteiger partial charge in [0.2, 0.25) is 0 Å². The SMILES string of the molecule is CCOC(=O)CN(C(=O)c1ccccc1)C(=O)c1ccccc1. The molecule has 0 saturated heterocycles. The monoisotopic (exact) mass is 311 g/mol. The first-order valence-corrected chi connectivity index (χ1v) is 7.25. The molecule has 2 amide bonds. The van der Waals surface area contributed by atoms with E-state index >= 15 is 0 Å². The van der Waals surface area contributed by atoms with Gasteiger partial charge in [0, 0.05) is 11.1 Å². The number of esters is 1. The second-order valence-electron chi connectivity index (χ2n) is 4.73. The molecule has 0 aliphatic carbocycles. The van der Waals surface area contributed by atoms with Crippen LogP contribution >= 0.6 is 0 Å². The van der Waals surface area contributed by atoms with E-state index < -0.39 is 24.3 Å². The maximum absolute atomic E-state index is 12.6. The standard InChI is InChI=1S/C18H17NO4/c1-2-23-16(20)13-19(17(21)14-9-5-3-6-10-14)18(22)15-11-7-4-8-12-15/h3-12H,2,13H2,1H3. The molecule has 0 aromatic heterocycles. The number of nitrogens with zero attached hydrogens (tertiary/aromatic N) is 1. The number of amides is 2. The van der Waals surface area contributed by atoms with Crippen LogP contribution in [0.3, 0.4) is 0 Å². The summed E-state index contributed by atoms with van der Waals surface area (Å²) in [7, 11) is 0. The molecular formula is C18H17NO4. The molecule has 5 heteroatoms. The smallest absolute Gasteiger partial charge is 0.326 e. The third-order valence-electron chi connectivity index (χ3n) is 3.12. The Morgan fingerprint density at radius 2 is 1.26 bits per heavy atom. The van der Waals surface area contributed by atoms with Crippen molar-refractivity contribution in [1.29, 1.82) is 0 Å². The van der Waals surface area contributed by atoms with Crippen LogP contribution in [0.15, 0.2) is 60.7 Å². The van der Waals surface area contributed by atoms with Crippen molar-refractivity contribution >= 4 is 17.8 Å². The fourth-order valence-corrected chi connectivity index (χ4v) is 2.04. The summed E-state index contributed by atoms with van der Waals surface area (Å²) in [6.07, 6.45) is 0. The zero-order chi connectivity index (χ0) is 16.7. The molecule has 0 fully saturated rings. The molecule has 0 heterocycles. The van der Waals surface area contributed by atoms with Crippen LogP contribution < -0.4 is 0 Å². The largest absolute Gasteiger partial charge is 0.465 e. The van der Waals surface area contributed by atoms with Crippen LogP contribution in [-0.2, 0) is 9.53 Å². The normalized spacial score (nSPS) is 9.96. The van der Waals surface area contributed by atoms with Gasteiger partial charge in [0.1, 0.15) is 6.54 Å². The number of hydrogen-bond donors (Lipinski definition) is 0. The Kier molecular flexibility index (Phi) is 5.63. The van der Waals surface area contributed by atoms with E-state index in [2.05, 4.69) is 0 Å². The van der Waals surface area contributed by atoms with Crippen LogP contribution in [0.25, 0.3) is 0 Å². The number of hydrogen-bond acceptors (Lipinski definition) is 4. The molecule has 0 aliphatic rings. The van der Waals surface area contributed by atoms with E-state index in [1.165, 1.54) is 0 Å². The van der Waals surface area contributed by atoms with Crippen molar-refractivity contribution in [2.75, 3.05) is 13.2 Å². The van der Waals surface area contributed by atoms with Gasteiger partial charge >= 0.3 is 5.97 Å². The summed E-state index contributed by atoms with van der Waals surface area (Å²) < 4.78 is 4.86. The highest BCUT2D eigenvalue weighted by Gasteiger charge is 2.26. The van der Waals surface area contributed by atoms with E-state index in [9.17, 15) is 14.4 Å². The van der Waals surface area contributed by atoms with Gasteiger partial charge in [-0.15, -0.1) is 0 Å². The summed E-state index contributed by atoms with van der Waals surface area (Å²) >= 11 is 0. The van der Waals surface area contributed by atoms with Crippen molar-refractivity contribution in [3.8, 4) is 0 Å². The molecule has 0 N–H and O–H groups in total. The van der Waals surface area contributed by atoms with Crippen molar-refractivity contribution in [3.05, 3.63) is 71.8 Å². The molecule has 2 rings (SSSR count). The predicted octanol–water partition coefficient (Wildman–Crippen LogP) is 2.53. The number of carbonyl (C=O) groups is 3. The fourth-order valence-electron chi connectivity index (χ4n) is 2.04. The Morgan fingerprint density at radius 1 is 0.826 bits per heavy atom. The molecule has 0 saturated carbocycles. The molecular weight excluding hydrogens is 294 g/mol. The highest BCUT2D eigenvalue weighted by Crippen LogP contribution is 2.10. The van der Waals surface area contributed by atoms with Crippen molar-refractivity contribution in [2.24, 2.45) is 0 Å². The van der Waals surface area contributed by atoms with Crippen LogP contribution in [-0.4, -0.2) is 35.8 Å². The fraction of sp³-hybridized carbons (Fsp3) is 0.167. The lowest BCUT2D eigenvalue weighted by Crippen LogP contribution is -2.41. The number of ether oxygens (including phenoxy) is 1. The van der Waals surface area contributed by atoms with Gasteiger partial charge in [0.05, 0.1) is 6.61 Å². The Hall–Kier alpha value is -2.95. The molecule has 0 atom stereocenters. The summed E-state index contributed by atoms with van der Waals surface area (Å²) in [5, 5.41) is 0. The van der Waals surface area contributed by atoms with E-state index in [4.69, 9.17) is 4.74 Å². The van der Waals surface area contributed by atoms with Gasteiger partial charge in [-0.05, 0) is 31.2 Å². The van der Waals surface area contributed by atoms with Gasteiger partial charge in [0.15, 0.2) is 0 Å². The second kappa shape index (κ2) is 7.89. The summed E-state index contributed by atoms with van der Waals surface area (Å²) in [4.78, 5) is 37.9. The number of carbonyl (C=O) groups excluding carboxylic acids is 3. The topological polar surface area (TPSA) is 63.7 Å². The zero-order valence-electron chi connectivity index (χ0n) is 12.8. The first-order valence-electron chi connectivity index (χ1n) is 7.25. The lowest BCUT2D eigenvalue weighted by atomic mass is 10.1. The van der Waals surface area contributed by atoms with Crippen molar-refractivity contribution in [2.45, 2.75) is 6.92 Å². The molecule has 0 unspecified atom stereocenters. The molecule has 118 valence electrons. The van der Waals surface area contributed by atoms with Crippen LogP contribution in [0.4, 0.5) is 0 Å². The van der Waals surface area contributed by atoms with Gasteiger partial charge in [-0.1, -0.05) is 36.4 Å².